The average molecular weight is 353 g/mol. The van der Waals surface area contributed by atoms with Crippen LogP contribution in [0.15, 0.2) is 12.1 Å². The Morgan fingerprint density at radius 1 is 1.00 bits per heavy atom. The van der Waals surface area contributed by atoms with Crippen molar-refractivity contribution < 1.29 is 19.0 Å². The second-order valence-corrected chi connectivity index (χ2v) is 5.85. The van der Waals surface area contributed by atoms with Gasteiger partial charge in [-0.25, -0.2) is 0 Å². The molecule has 8 heteroatoms. The Morgan fingerprint density at radius 3 is 2.17 bits per heavy atom. The van der Waals surface area contributed by atoms with Crippen LogP contribution in [0.5, 0.6) is 17.2 Å². The Morgan fingerprint density at radius 2 is 1.58 bits per heavy atom. The van der Waals surface area contributed by atoms with Gasteiger partial charge in [0.15, 0.2) is 16.6 Å². The summed E-state index contributed by atoms with van der Waals surface area (Å²) >= 11 is 5.20. The van der Waals surface area contributed by atoms with E-state index in [0.717, 1.165) is 12.8 Å². The minimum absolute atomic E-state index is 0.311. The lowest BCUT2D eigenvalue weighted by atomic mass is 10.1. The third-order valence-electron chi connectivity index (χ3n) is 3.93. The van der Waals surface area contributed by atoms with E-state index in [1.165, 1.54) is 34.2 Å². The molecule has 24 heavy (non-hydrogen) atoms. The Labute approximate surface area is 147 Å². The molecule has 1 amide bonds. The number of carbonyl (C=O) groups is 1. The van der Waals surface area contributed by atoms with Crippen LogP contribution in [0.4, 0.5) is 0 Å². The summed E-state index contributed by atoms with van der Waals surface area (Å²) < 4.78 is 15.7. The van der Waals surface area contributed by atoms with Crippen molar-refractivity contribution in [2.45, 2.75) is 31.7 Å². The van der Waals surface area contributed by atoms with Crippen molar-refractivity contribution in [1.29, 1.82) is 0 Å². The minimum atomic E-state index is -0.386. The highest BCUT2D eigenvalue weighted by molar-refractivity contribution is 7.80. The first-order chi connectivity index (χ1) is 11.6. The lowest BCUT2D eigenvalue weighted by Gasteiger charge is -2.17. The van der Waals surface area contributed by atoms with Gasteiger partial charge in [-0.15, -0.1) is 0 Å². The summed E-state index contributed by atoms with van der Waals surface area (Å²) in [6, 6.07) is 3.53. The average Bonchev–Trinajstić information content (AvgIpc) is 3.11. The first-order valence-corrected chi connectivity index (χ1v) is 8.16. The molecule has 0 bridgehead atoms. The smallest absolute Gasteiger partial charge is 0.273 e. The predicted octanol–water partition coefficient (Wildman–Crippen LogP) is 1.76. The Bertz CT molecular complexity index is 603. The molecule has 1 aromatic carbocycles. The van der Waals surface area contributed by atoms with Gasteiger partial charge < -0.3 is 19.5 Å². The Balaban J connectivity index is 2.01. The number of amides is 1. The van der Waals surface area contributed by atoms with E-state index in [1.54, 1.807) is 12.1 Å². The van der Waals surface area contributed by atoms with Gasteiger partial charge in [-0.3, -0.25) is 15.6 Å². The number of hydrogen-bond donors (Lipinski definition) is 3. The van der Waals surface area contributed by atoms with Crippen LogP contribution in [0.1, 0.15) is 36.0 Å². The summed E-state index contributed by atoms with van der Waals surface area (Å²) in [5.41, 5.74) is 5.60. The van der Waals surface area contributed by atoms with Crippen molar-refractivity contribution in [2.24, 2.45) is 0 Å². The van der Waals surface area contributed by atoms with Crippen LogP contribution in [0.2, 0.25) is 0 Å². The van der Waals surface area contributed by atoms with E-state index in [4.69, 9.17) is 26.4 Å². The van der Waals surface area contributed by atoms with Crippen LogP contribution in [0.3, 0.4) is 0 Å². The fourth-order valence-corrected chi connectivity index (χ4v) is 2.90. The molecular formula is C16H23N3O4S. The monoisotopic (exact) mass is 353 g/mol. The zero-order valence-electron chi connectivity index (χ0n) is 14.1. The molecule has 0 aliphatic heterocycles. The fraction of sp³-hybridized carbons (Fsp3) is 0.500. The number of thiocarbonyl (C=S) groups is 1. The van der Waals surface area contributed by atoms with Gasteiger partial charge in [0, 0.05) is 18.2 Å². The SMILES string of the molecule is COc1cc(OC)c(C(=O)NNC(=S)NC2CCCC2)cc1OC. The number of rotatable bonds is 5. The summed E-state index contributed by atoms with van der Waals surface area (Å²) in [5, 5.41) is 3.58. The fourth-order valence-electron chi connectivity index (χ4n) is 2.68. The van der Waals surface area contributed by atoms with Gasteiger partial charge in [0.1, 0.15) is 5.75 Å². The van der Waals surface area contributed by atoms with E-state index in [0.29, 0.717) is 34.0 Å². The van der Waals surface area contributed by atoms with Crippen molar-refractivity contribution in [1.82, 2.24) is 16.2 Å². The molecule has 0 aromatic heterocycles. The Hall–Kier alpha value is -2.22. The Kier molecular flexibility index (Phi) is 6.48. The first-order valence-electron chi connectivity index (χ1n) is 7.76. The summed E-state index contributed by atoms with van der Waals surface area (Å²) in [6.45, 7) is 0. The third kappa shape index (κ3) is 4.41. The van der Waals surface area contributed by atoms with Gasteiger partial charge in [0.2, 0.25) is 0 Å². The van der Waals surface area contributed by atoms with Gasteiger partial charge in [0.05, 0.1) is 26.9 Å². The molecule has 0 radical (unpaired) electrons. The van der Waals surface area contributed by atoms with Crippen LogP contribution in [0.25, 0.3) is 0 Å². The van der Waals surface area contributed by atoms with Crippen LogP contribution >= 0.6 is 12.2 Å². The molecule has 0 heterocycles. The second kappa shape index (κ2) is 8.58. The number of carbonyl (C=O) groups excluding carboxylic acids is 1. The van der Waals surface area contributed by atoms with E-state index in [9.17, 15) is 4.79 Å². The van der Waals surface area contributed by atoms with Crippen molar-refractivity contribution >= 4 is 23.2 Å². The highest BCUT2D eigenvalue weighted by Crippen LogP contribution is 2.34. The van der Waals surface area contributed by atoms with Crippen LogP contribution < -0.4 is 30.4 Å². The quantitative estimate of drug-likeness (QED) is 0.550. The molecule has 0 spiro atoms. The van der Waals surface area contributed by atoms with Gasteiger partial charge in [-0.05, 0) is 25.1 Å². The van der Waals surface area contributed by atoms with Gasteiger partial charge >= 0.3 is 0 Å². The predicted molar refractivity (Wildman–Crippen MR) is 94.7 cm³/mol. The molecule has 0 saturated heterocycles. The molecule has 1 aromatic rings. The van der Waals surface area contributed by atoms with E-state index in [-0.39, 0.29) is 5.91 Å². The largest absolute Gasteiger partial charge is 0.496 e. The molecular weight excluding hydrogens is 330 g/mol. The maximum absolute atomic E-state index is 12.4. The lowest BCUT2D eigenvalue weighted by molar-refractivity contribution is 0.0940. The van der Waals surface area contributed by atoms with Gasteiger partial charge in [-0.2, -0.15) is 0 Å². The molecule has 7 nitrogen and oxygen atoms in total. The number of nitrogens with one attached hydrogen (secondary N) is 3. The van der Waals surface area contributed by atoms with Crippen LogP contribution in [-0.4, -0.2) is 38.4 Å². The highest BCUT2D eigenvalue weighted by Gasteiger charge is 2.19. The maximum atomic E-state index is 12.4. The summed E-state index contributed by atoms with van der Waals surface area (Å²) in [7, 11) is 4.51. The second-order valence-electron chi connectivity index (χ2n) is 5.44. The lowest BCUT2D eigenvalue weighted by Crippen LogP contribution is -2.49. The normalized spacial score (nSPS) is 14.0. The molecule has 0 atom stereocenters. The number of methoxy groups -OCH3 is 3. The molecule has 0 unspecified atom stereocenters. The van der Waals surface area contributed by atoms with E-state index in [1.807, 2.05) is 0 Å². The van der Waals surface area contributed by atoms with E-state index < -0.39 is 0 Å². The molecule has 2 rings (SSSR count). The van der Waals surface area contributed by atoms with Crippen LogP contribution in [0, 0.1) is 0 Å². The van der Waals surface area contributed by atoms with E-state index >= 15 is 0 Å². The summed E-state index contributed by atoms with van der Waals surface area (Å²) in [5.74, 6) is 0.914. The van der Waals surface area contributed by atoms with Gasteiger partial charge in [-0.1, -0.05) is 12.8 Å². The third-order valence-corrected chi connectivity index (χ3v) is 4.15. The zero-order valence-corrected chi connectivity index (χ0v) is 14.9. The molecule has 132 valence electrons. The van der Waals surface area contributed by atoms with Crippen molar-refractivity contribution in [3.8, 4) is 17.2 Å². The maximum Gasteiger partial charge on any atom is 0.273 e. The van der Waals surface area contributed by atoms with Gasteiger partial charge in [0.25, 0.3) is 5.91 Å². The standard InChI is InChI=1S/C16H23N3O4S/c1-21-12-9-14(23-3)13(22-2)8-11(12)15(20)18-19-16(24)17-10-6-4-5-7-10/h8-10H,4-7H2,1-3H3,(H,18,20)(H2,17,19,24). The molecule has 1 aliphatic rings. The first kappa shape index (κ1) is 18.1. The zero-order chi connectivity index (χ0) is 17.5. The van der Waals surface area contributed by atoms with Crippen LogP contribution in [-0.2, 0) is 0 Å². The summed E-state index contributed by atoms with van der Waals surface area (Å²) in [6.07, 6.45) is 4.60. The molecule has 1 saturated carbocycles. The molecule has 1 aliphatic carbocycles. The number of ether oxygens (including phenoxy) is 3. The molecule has 3 N–H and O–H groups in total. The van der Waals surface area contributed by atoms with Crippen molar-refractivity contribution in [2.75, 3.05) is 21.3 Å². The molecule has 1 fully saturated rings. The van der Waals surface area contributed by atoms with E-state index in [2.05, 4.69) is 16.2 Å². The number of benzene rings is 1. The minimum Gasteiger partial charge on any atom is -0.496 e. The van der Waals surface area contributed by atoms with Crippen molar-refractivity contribution in [3.05, 3.63) is 17.7 Å². The highest BCUT2D eigenvalue weighted by atomic mass is 32.1. The van der Waals surface area contributed by atoms with Crippen molar-refractivity contribution in [3.63, 3.8) is 0 Å². The number of hydrazine groups is 1. The topological polar surface area (TPSA) is 80.9 Å². The number of hydrogen-bond acceptors (Lipinski definition) is 5. The summed E-state index contributed by atoms with van der Waals surface area (Å²) in [4.78, 5) is 12.4.